The van der Waals surface area contributed by atoms with Crippen molar-refractivity contribution in [1.82, 2.24) is 14.5 Å². The van der Waals surface area contributed by atoms with Crippen molar-refractivity contribution in [2.75, 3.05) is 5.32 Å². The summed E-state index contributed by atoms with van der Waals surface area (Å²) < 4.78 is 21.0. The quantitative estimate of drug-likeness (QED) is 0.342. The molecule has 1 amide bonds. The number of anilines is 1. The predicted molar refractivity (Wildman–Crippen MR) is 128 cm³/mol. The fourth-order valence-corrected chi connectivity index (χ4v) is 5.53. The molecule has 0 bridgehead atoms. The molecule has 5 rings (SSSR count). The number of benzene rings is 2. The fourth-order valence-electron chi connectivity index (χ4n) is 4.20. The van der Waals surface area contributed by atoms with Crippen molar-refractivity contribution in [2.45, 2.75) is 45.8 Å². The van der Waals surface area contributed by atoms with E-state index in [1.54, 1.807) is 6.07 Å². The van der Waals surface area contributed by atoms with Crippen LogP contribution in [0.2, 0.25) is 5.02 Å². The summed E-state index contributed by atoms with van der Waals surface area (Å²) in [6.45, 7) is 4.13. The molecule has 6 nitrogen and oxygen atoms in total. The van der Waals surface area contributed by atoms with E-state index in [-0.39, 0.29) is 6.61 Å². The van der Waals surface area contributed by atoms with Crippen LogP contribution in [0.15, 0.2) is 36.4 Å². The standard InChI is InChI=1S/C24H22ClFN4O2S/c1-13-4-3-5-22-29-19-11-16(7-9-20(19)30(13)22)28-24(31)32-12-21-14(2)27-23(33-21)17-8-6-15(26)10-18(17)25/h6-11,13H,3-5,12H2,1-2H3,(H,28,31). The van der Waals surface area contributed by atoms with Crippen molar-refractivity contribution in [3.8, 4) is 10.6 Å². The highest BCUT2D eigenvalue weighted by atomic mass is 35.5. The third-order valence-electron chi connectivity index (χ3n) is 5.86. The SMILES string of the molecule is Cc1nc(-c2ccc(F)cc2Cl)sc1COC(=O)Nc1ccc2c(c1)nc1n2C(C)CCC1. The summed E-state index contributed by atoms with van der Waals surface area (Å²) >= 11 is 7.51. The molecular formula is C24H22ClFN4O2S. The maximum atomic E-state index is 13.3. The molecule has 170 valence electrons. The number of aryl methyl sites for hydroxylation is 2. The first-order valence-corrected chi connectivity index (χ1v) is 11.9. The Kier molecular flexibility index (Phi) is 5.80. The third-order valence-corrected chi connectivity index (χ3v) is 7.34. The van der Waals surface area contributed by atoms with Crippen molar-refractivity contribution in [3.05, 3.63) is 63.6 Å². The minimum atomic E-state index is -0.555. The molecule has 9 heteroatoms. The van der Waals surface area contributed by atoms with Crippen molar-refractivity contribution >= 4 is 45.8 Å². The highest BCUT2D eigenvalue weighted by Crippen LogP contribution is 2.34. The van der Waals surface area contributed by atoms with Gasteiger partial charge >= 0.3 is 6.09 Å². The van der Waals surface area contributed by atoms with Crippen LogP contribution in [0.5, 0.6) is 0 Å². The van der Waals surface area contributed by atoms with Gasteiger partial charge in [-0.3, -0.25) is 5.32 Å². The van der Waals surface area contributed by atoms with Gasteiger partial charge in [-0.1, -0.05) is 11.6 Å². The number of amides is 1. The van der Waals surface area contributed by atoms with E-state index in [9.17, 15) is 9.18 Å². The zero-order valence-corrected chi connectivity index (χ0v) is 19.8. The minimum Gasteiger partial charge on any atom is -0.444 e. The number of aromatic nitrogens is 3. The van der Waals surface area contributed by atoms with Gasteiger partial charge in [0.2, 0.25) is 0 Å². The summed E-state index contributed by atoms with van der Waals surface area (Å²) in [6, 6.07) is 10.4. The van der Waals surface area contributed by atoms with Crippen LogP contribution >= 0.6 is 22.9 Å². The Morgan fingerprint density at radius 1 is 1.30 bits per heavy atom. The predicted octanol–water partition coefficient (Wildman–Crippen LogP) is 6.91. The summed E-state index contributed by atoms with van der Waals surface area (Å²) in [7, 11) is 0. The maximum Gasteiger partial charge on any atom is 0.411 e. The summed E-state index contributed by atoms with van der Waals surface area (Å²) in [6.07, 6.45) is 2.72. The van der Waals surface area contributed by atoms with Gasteiger partial charge in [0.05, 0.1) is 26.6 Å². The highest BCUT2D eigenvalue weighted by molar-refractivity contribution is 7.15. The molecule has 0 radical (unpaired) electrons. The van der Waals surface area contributed by atoms with Gasteiger partial charge in [-0.15, -0.1) is 11.3 Å². The van der Waals surface area contributed by atoms with Gasteiger partial charge in [-0.25, -0.2) is 19.2 Å². The first-order chi connectivity index (χ1) is 15.9. The molecular weight excluding hydrogens is 463 g/mol. The number of nitrogens with one attached hydrogen (secondary N) is 1. The zero-order valence-electron chi connectivity index (χ0n) is 18.2. The van der Waals surface area contributed by atoms with Gasteiger partial charge in [0.15, 0.2) is 0 Å². The second-order valence-electron chi connectivity index (χ2n) is 8.20. The van der Waals surface area contributed by atoms with E-state index in [2.05, 4.69) is 21.8 Å². The maximum absolute atomic E-state index is 13.3. The number of hydrogen-bond donors (Lipinski definition) is 1. The average molecular weight is 485 g/mol. The summed E-state index contributed by atoms with van der Waals surface area (Å²) in [4.78, 5) is 22.5. The molecule has 2 aromatic heterocycles. The fraction of sp³-hybridized carbons (Fsp3) is 0.292. The molecule has 1 aliphatic rings. The summed E-state index contributed by atoms with van der Waals surface area (Å²) in [5.41, 5.74) is 3.98. The van der Waals surface area contributed by atoms with Gasteiger partial charge in [0.1, 0.15) is 23.3 Å². The Morgan fingerprint density at radius 2 is 2.15 bits per heavy atom. The first-order valence-electron chi connectivity index (χ1n) is 10.8. The summed E-state index contributed by atoms with van der Waals surface area (Å²) in [5.74, 6) is 0.696. The molecule has 33 heavy (non-hydrogen) atoms. The Bertz CT molecular complexity index is 1370. The Balaban J connectivity index is 1.26. The van der Waals surface area contributed by atoms with Crippen LogP contribution in [0.1, 0.15) is 42.2 Å². The van der Waals surface area contributed by atoms with Gasteiger partial charge in [0.25, 0.3) is 0 Å². The molecule has 4 aromatic rings. The molecule has 0 aliphatic carbocycles. The molecule has 1 aliphatic heterocycles. The van der Waals surface area contributed by atoms with Crippen molar-refractivity contribution < 1.29 is 13.9 Å². The highest BCUT2D eigenvalue weighted by Gasteiger charge is 2.20. The van der Waals surface area contributed by atoms with Crippen LogP contribution in [0.4, 0.5) is 14.9 Å². The van der Waals surface area contributed by atoms with Crippen LogP contribution in [-0.4, -0.2) is 20.6 Å². The van der Waals surface area contributed by atoms with Gasteiger partial charge in [-0.05, 0) is 63.1 Å². The lowest BCUT2D eigenvalue weighted by atomic mass is 10.1. The number of carbonyl (C=O) groups excluding carboxylic acids is 1. The number of rotatable bonds is 4. The lowest BCUT2D eigenvalue weighted by molar-refractivity contribution is 0.156. The first kappa shape index (κ1) is 21.9. The average Bonchev–Trinajstić information content (AvgIpc) is 3.32. The number of imidazole rings is 1. The van der Waals surface area contributed by atoms with E-state index in [0.717, 1.165) is 46.7 Å². The zero-order chi connectivity index (χ0) is 23.1. The van der Waals surface area contributed by atoms with E-state index >= 15 is 0 Å². The number of carbonyl (C=O) groups is 1. The second kappa shape index (κ2) is 8.76. The molecule has 0 spiro atoms. The lowest BCUT2D eigenvalue weighted by Crippen LogP contribution is -2.15. The van der Waals surface area contributed by atoms with Crippen molar-refractivity contribution in [2.24, 2.45) is 0 Å². The van der Waals surface area contributed by atoms with E-state index in [1.807, 2.05) is 25.1 Å². The molecule has 0 fully saturated rings. The van der Waals surface area contributed by atoms with Gasteiger partial charge < -0.3 is 9.30 Å². The minimum absolute atomic E-state index is 0.0761. The van der Waals surface area contributed by atoms with Crippen molar-refractivity contribution in [3.63, 3.8) is 0 Å². The lowest BCUT2D eigenvalue weighted by Gasteiger charge is -2.22. The molecule has 2 aromatic carbocycles. The molecule has 0 saturated heterocycles. The Morgan fingerprint density at radius 3 is 2.97 bits per heavy atom. The summed E-state index contributed by atoms with van der Waals surface area (Å²) in [5, 5.41) is 3.72. The number of ether oxygens (including phenoxy) is 1. The van der Waals surface area contributed by atoms with Crippen LogP contribution in [0.25, 0.3) is 21.6 Å². The van der Waals surface area contributed by atoms with Crippen molar-refractivity contribution in [1.29, 1.82) is 0 Å². The van der Waals surface area contributed by atoms with Crippen LogP contribution in [0, 0.1) is 12.7 Å². The smallest absolute Gasteiger partial charge is 0.411 e. The molecule has 3 heterocycles. The topological polar surface area (TPSA) is 69.0 Å². The largest absolute Gasteiger partial charge is 0.444 e. The van der Waals surface area contributed by atoms with Crippen LogP contribution in [-0.2, 0) is 17.8 Å². The number of fused-ring (bicyclic) bond motifs is 3. The monoisotopic (exact) mass is 484 g/mol. The molecule has 1 atom stereocenters. The number of thiazole rings is 1. The van der Waals surface area contributed by atoms with Gasteiger partial charge in [-0.2, -0.15) is 0 Å². The molecule has 1 N–H and O–H groups in total. The number of halogens is 2. The normalized spacial score (nSPS) is 15.5. The Hall–Kier alpha value is -2.97. The van der Waals surface area contributed by atoms with E-state index in [0.29, 0.717) is 27.3 Å². The van der Waals surface area contributed by atoms with Crippen LogP contribution in [0.3, 0.4) is 0 Å². The number of hydrogen-bond acceptors (Lipinski definition) is 5. The molecule has 0 saturated carbocycles. The third kappa shape index (κ3) is 4.32. The molecule has 1 unspecified atom stereocenters. The van der Waals surface area contributed by atoms with E-state index in [1.165, 1.54) is 23.5 Å². The van der Waals surface area contributed by atoms with E-state index < -0.39 is 11.9 Å². The number of nitrogens with zero attached hydrogens (tertiary/aromatic N) is 3. The Labute approximate surface area is 199 Å². The van der Waals surface area contributed by atoms with Gasteiger partial charge in [0, 0.05) is 23.7 Å². The second-order valence-corrected chi connectivity index (χ2v) is 9.69. The van der Waals surface area contributed by atoms with E-state index in [4.69, 9.17) is 21.3 Å². The van der Waals surface area contributed by atoms with Crippen LogP contribution < -0.4 is 5.32 Å².